The number of nitrogens with zero attached hydrogens (tertiary/aromatic N) is 4. The van der Waals surface area contributed by atoms with Crippen LogP contribution in [0.3, 0.4) is 0 Å². The number of hydrogen-bond donors (Lipinski definition) is 5. The molecule has 0 radical (unpaired) electrons. The van der Waals surface area contributed by atoms with Gasteiger partial charge in [0.1, 0.15) is 23.3 Å². The van der Waals surface area contributed by atoms with E-state index in [4.69, 9.17) is 10.5 Å². The number of amides is 1. The van der Waals surface area contributed by atoms with Crippen molar-refractivity contribution in [1.29, 1.82) is 0 Å². The Labute approximate surface area is 202 Å². The number of carbonyl (C=O) groups excluding carboxylic acids is 1. The molecule has 0 spiro atoms. The Morgan fingerprint density at radius 1 is 1.20 bits per heavy atom. The van der Waals surface area contributed by atoms with Crippen LogP contribution in [0.5, 0.6) is 0 Å². The number of nitrogens with one attached hydrogen (secondary N) is 1. The molecule has 1 amide bonds. The lowest BCUT2D eigenvalue weighted by molar-refractivity contribution is -0.137. The van der Waals surface area contributed by atoms with Crippen molar-refractivity contribution in [3.8, 4) is 11.8 Å². The third-order valence-corrected chi connectivity index (χ3v) is 8.33. The summed E-state index contributed by atoms with van der Waals surface area (Å²) in [7, 11) is 0. The third kappa shape index (κ3) is 3.50. The Kier molecular flexibility index (Phi) is 5.27. The first-order valence-electron chi connectivity index (χ1n) is 12.3. The molecule has 1 aliphatic heterocycles. The number of aliphatic hydroxyl groups excluding tert-OH is 2. The lowest BCUT2D eigenvalue weighted by atomic mass is 9.50. The Morgan fingerprint density at radius 2 is 1.89 bits per heavy atom. The second-order valence-electron chi connectivity index (χ2n) is 10.5. The van der Waals surface area contributed by atoms with E-state index in [-0.39, 0.29) is 34.6 Å². The van der Waals surface area contributed by atoms with Crippen LogP contribution in [0, 0.1) is 35.5 Å². The fourth-order valence-electron chi connectivity index (χ4n) is 6.82. The number of carbonyl (C=O) groups is 1. The number of aromatic nitrogens is 4. The van der Waals surface area contributed by atoms with Crippen molar-refractivity contribution in [2.45, 2.75) is 69.2 Å². The minimum absolute atomic E-state index is 0.100. The Morgan fingerprint density at radius 3 is 2.54 bits per heavy atom. The highest BCUT2D eigenvalue weighted by Gasteiger charge is 2.56. The fraction of sp³-hybridized carbons (Fsp3) is 0.667. The summed E-state index contributed by atoms with van der Waals surface area (Å²) in [5, 5.41) is 35.1. The van der Waals surface area contributed by atoms with E-state index in [9.17, 15) is 20.1 Å². The van der Waals surface area contributed by atoms with E-state index >= 15 is 0 Å². The van der Waals surface area contributed by atoms with Crippen molar-refractivity contribution in [3.05, 3.63) is 12.2 Å². The van der Waals surface area contributed by atoms with Gasteiger partial charge in [-0.1, -0.05) is 5.92 Å². The molecule has 7 rings (SSSR count). The Balaban J connectivity index is 1.32. The number of anilines is 1. The van der Waals surface area contributed by atoms with Gasteiger partial charge in [0.15, 0.2) is 23.8 Å². The zero-order valence-electron chi connectivity index (χ0n) is 19.5. The lowest BCUT2D eigenvalue weighted by Gasteiger charge is -2.56. The van der Waals surface area contributed by atoms with Gasteiger partial charge in [0.2, 0.25) is 5.82 Å². The molecule has 35 heavy (non-hydrogen) atoms. The van der Waals surface area contributed by atoms with Crippen LogP contribution in [0.1, 0.15) is 51.1 Å². The van der Waals surface area contributed by atoms with Crippen LogP contribution in [0.2, 0.25) is 0 Å². The zero-order chi connectivity index (χ0) is 24.5. The first-order valence-corrected chi connectivity index (χ1v) is 12.3. The van der Waals surface area contributed by atoms with Gasteiger partial charge in [-0.3, -0.25) is 9.36 Å². The van der Waals surface area contributed by atoms with Gasteiger partial charge in [0.05, 0.1) is 6.33 Å². The smallest absolute Gasteiger partial charge is 0.252 e. The number of imidazole rings is 1. The number of nitrogens with two attached hydrogens (primary N) is 1. The average Bonchev–Trinajstić information content (AvgIpc) is 3.37. The van der Waals surface area contributed by atoms with E-state index in [0.717, 1.165) is 25.7 Å². The molecule has 2 aromatic rings. The van der Waals surface area contributed by atoms with Crippen LogP contribution in [-0.2, 0) is 9.53 Å². The van der Waals surface area contributed by atoms with E-state index < -0.39 is 36.0 Å². The summed E-state index contributed by atoms with van der Waals surface area (Å²) >= 11 is 0. The quantitative estimate of drug-likeness (QED) is 0.369. The van der Waals surface area contributed by atoms with Crippen molar-refractivity contribution in [2.24, 2.45) is 23.7 Å². The molecule has 1 saturated heterocycles. The molecule has 11 heteroatoms. The molecule has 4 unspecified atom stereocenters. The fourth-order valence-corrected chi connectivity index (χ4v) is 6.82. The molecule has 4 bridgehead atoms. The van der Waals surface area contributed by atoms with E-state index in [1.54, 1.807) is 6.92 Å². The second-order valence-corrected chi connectivity index (χ2v) is 10.5. The van der Waals surface area contributed by atoms with E-state index in [0.29, 0.717) is 18.4 Å². The Hall–Kier alpha value is -2.78. The number of aliphatic hydroxyl groups is 3. The van der Waals surface area contributed by atoms with Crippen LogP contribution < -0.4 is 11.1 Å². The highest BCUT2D eigenvalue weighted by atomic mass is 16.6. The number of likely N-dealkylation sites (N-methyl/N-ethyl adjacent to an activating group) is 1. The van der Waals surface area contributed by atoms with Gasteiger partial charge in [0, 0.05) is 6.54 Å². The van der Waals surface area contributed by atoms with Crippen molar-refractivity contribution in [2.75, 3.05) is 12.3 Å². The maximum Gasteiger partial charge on any atom is 0.252 e. The molecule has 3 heterocycles. The largest absolute Gasteiger partial charge is 0.387 e. The van der Waals surface area contributed by atoms with E-state index in [1.807, 2.05) is 0 Å². The number of rotatable bonds is 3. The highest BCUT2D eigenvalue weighted by molar-refractivity contribution is 5.83. The summed E-state index contributed by atoms with van der Waals surface area (Å²) in [6.45, 7) is 2.11. The number of ether oxygens (including phenoxy) is 1. The molecule has 0 aromatic carbocycles. The van der Waals surface area contributed by atoms with Gasteiger partial charge in [0.25, 0.3) is 5.91 Å². The monoisotopic (exact) mass is 482 g/mol. The topological polar surface area (TPSA) is 169 Å². The summed E-state index contributed by atoms with van der Waals surface area (Å²) in [6.07, 6.45) is 1.55. The van der Waals surface area contributed by atoms with E-state index in [2.05, 4.69) is 32.1 Å². The number of hydrogen-bond acceptors (Lipinski definition) is 9. The molecule has 11 nitrogen and oxygen atoms in total. The van der Waals surface area contributed by atoms with Crippen LogP contribution in [0.25, 0.3) is 11.2 Å². The molecule has 4 saturated carbocycles. The van der Waals surface area contributed by atoms with Gasteiger partial charge < -0.3 is 31.1 Å². The highest BCUT2D eigenvalue weighted by Crippen LogP contribution is 2.58. The van der Waals surface area contributed by atoms with Gasteiger partial charge in [-0.05, 0) is 68.6 Å². The minimum atomic E-state index is -1.42. The van der Waals surface area contributed by atoms with Crippen molar-refractivity contribution < 1.29 is 24.9 Å². The van der Waals surface area contributed by atoms with Gasteiger partial charge in [-0.25, -0.2) is 15.0 Å². The SMILES string of the molecule is CCNC(=O)C1OC(n2cnc3c(N)nc(C#CC4(O)C5CC6CC(C5)CC4C6)nc32)C(O)C1O. The minimum Gasteiger partial charge on any atom is -0.387 e. The summed E-state index contributed by atoms with van der Waals surface area (Å²) in [5.74, 6) is 7.53. The van der Waals surface area contributed by atoms with Crippen LogP contribution in [0.4, 0.5) is 5.82 Å². The second kappa shape index (κ2) is 8.13. The number of nitrogen functional groups attached to an aromatic ring is 1. The normalized spacial score (nSPS) is 39.5. The average molecular weight is 483 g/mol. The zero-order valence-corrected chi connectivity index (χ0v) is 19.5. The lowest BCUT2D eigenvalue weighted by Crippen LogP contribution is -2.56. The Bertz CT molecular complexity index is 1210. The summed E-state index contributed by atoms with van der Waals surface area (Å²) in [4.78, 5) is 25.2. The molecular formula is C24H30N6O5. The number of fused-ring (bicyclic) bond motifs is 1. The van der Waals surface area contributed by atoms with Gasteiger partial charge >= 0.3 is 0 Å². The standard InChI is InChI=1S/C24H30N6O5/c1-2-26-22(33)19-17(31)18(32)23(35-19)30-10-27-16-20(25)28-15(29-21(16)30)3-4-24(34)13-6-11-5-12(8-13)9-14(24)7-11/h10-14,17-19,23,31-32,34H,2,5-9H2,1H3,(H,26,33)(H2,25,28,29). The van der Waals surface area contributed by atoms with Gasteiger partial charge in [-0.2, -0.15) is 0 Å². The van der Waals surface area contributed by atoms with Crippen molar-refractivity contribution in [3.63, 3.8) is 0 Å². The maximum atomic E-state index is 12.2. The third-order valence-electron chi connectivity index (χ3n) is 8.33. The molecule has 4 aliphatic carbocycles. The summed E-state index contributed by atoms with van der Waals surface area (Å²) in [6, 6.07) is 0. The van der Waals surface area contributed by atoms with Crippen LogP contribution in [0.15, 0.2) is 6.33 Å². The summed E-state index contributed by atoms with van der Waals surface area (Å²) in [5.41, 5.74) is 5.63. The first-order chi connectivity index (χ1) is 16.8. The molecule has 186 valence electrons. The van der Waals surface area contributed by atoms with Crippen molar-refractivity contribution in [1.82, 2.24) is 24.8 Å². The predicted molar refractivity (Wildman–Crippen MR) is 123 cm³/mol. The molecule has 6 N–H and O–H groups in total. The van der Waals surface area contributed by atoms with Crippen molar-refractivity contribution >= 4 is 22.9 Å². The molecule has 5 fully saturated rings. The molecular weight excluding hydrogens is 452 g/mol. The maximum absolute atomic E-state index is 12.2. The predicted octanol–water partition coefficient (Wildman–Crippen LogP) is -0.297. The molecule has 4 atom stereocenters. The first kappa shape index (κ1) is 22.7. The molecule has 5 aliphatic rings. The van der Waals surface area contributed by atoms with E-state index in [1.165, 1.54) is 17.3 Å². The van der Waals surface area contributed by atoms with Gasteiger partial charge in [-0.15, -0.1) is 0 Å². The van der Waals surface area contributed by atoms with Crippen LogP contribution in [-0.4, -0.2) is 71.2 Å². The summed E-state index contributed by atoms with van der Waals surface area (Å²) < 4.78 is 7.12. The molecule has 2 aromatic heterocycles. The van der Waals surface area contributed by atoms with Crippen LogP contribution >= 0.6 is 0 Å².